The standard InChI is InChI=1S/C17H21ClN4O/c18-14-12-20-7-4-15(14)21-8-10-22(11-9-21)16(23)17(13-19)5-2-1-3-6-17/h4,7,12H,1-3,5-6,8-11H2. The minimum atomic E-state index is -0.783. The molecule has 0 atom stereocenters. The molecule has 5 nitrogen and oxygen atoms in total. The summed E-state index contributed by atoms with van der Waals surface area (Å²) >= 11 is 6.20. The molecule has 0 radical (unpaired) electrons. The molecule has 6 heteroatoms. The molecular formula is C17H21ClN4O. The van der Waals surface area contributed by atoms with Crippen molar-refractivity contribution in [3.05, 3.63) is 23.5 Å². The summed E-state index contributed by atoms with van der Waals surface area (Å²) in [5.41, 5.74) is 0.177. The summed E-state index contributed by atoms with van der Waals surface area (Å²) in [5.74, 6) is 0.0279. The van der Waals surface area contributed by atoms with Crippen LogP contribution in [-0.2, 0) is 4.79 Å². The number of carbonyl (C=O) groups is 1. The molecule has 0 unspecified atom stereocenters. The fraction of sp³-hybridized carbons (Fsp3) is 0.588. The normalized spacial score (nSPS) is 20.9. The van der Waals surface area contributed by atoms with Gasteiger partial charge in [0, 0.05) is 38.6 Å². The summed E-state index contributed by atoms with van der Waals surface area (Å²) in [6, 6.07) is 4.23. The van der Waals surface area contributed by atoms with E-state index in [1.807, 2.05) is 11.0 Å². The maximum Gasteiger partial charge on any atom is 0.243 e. The van der Waals surface area contributed by atoms with Crippen molar-refractivity contribution in [2.75, 3.05) is 31.1 Å². The zero-order valence-corrected chi connectivity index (χ0v) is 13.9. The third-order valence-corrected chi connectivity index (χ3v) is 5.28. The first-order valence-electron chi connectivity index (χ1n) is 8.21. The zero-order chi connectivity index (χ0) is 16.3. The van der Waals surface area contributed by atoms with Crippen molar-refractivity contribution in [2.24, 2.45) is 5.41 Å². The van der Waals surface area contributed by atoms with Gasteiger partial charge in [-0.25, -0.2) is 0 Å². The smallest absolute Gasteiger partial charge is 0.243 e. The number of aromatic nitrogens is 1. The first kappa shape index (κ1) is 16.1. The fourth-order valence-electron chi connectivity index (χ4n) is 3.61. The van der Waals surface area contributed by atoms with Gasteiger partial charge in [-0.3, -0.25) is 9.78 Å². The van der Waals surface area contributed by atoms with Crippen LogP contribution in [0.2, 0.25) is 5.02 Å². The Morgan fingerprint density at radius 2 is 1.91 bits per heavy atom. The van der Waals surface area contributed by atoms with E-state index in [9.17, 15) is 10.1 Å². The summed E-state index contributed by atoms with van der Waals surface area (Å²) in [7, 11) is 0. The number of hydrogen-bond donors (Lipinski definition) is 0. The molecule has 1 amide bonds. The van der Waals surface area contributed by atoms with Gasteiger partial charge in [0.1, 0.15) is 5.41 Å². The van der Waals surface area contributed by atoms with Crippen molar-refractivity contribution in [3.8, 4) is 6.07 Å². The Morgan fingerprint density at radius 1 is 1.22 bits per heavy atom. The predicted molar refractivity (Wildman–Crippen MR) is 89.2 cm³/mol. The first-order valence-corrected chi connectivity index (χ1v) is 8.59. The van der Waals surface area contributed by atoms with Gasteiger partial charge in [0.05, 0.1) is 16.8 Å². The topological polar surface area (TPSA) is 60.2 Å². The summed E-state index contributed by atoms with van der Waals surface area (Å²) in [6.07, 6.45) is 7.87. The molecule has 0 spiro atoms. The largest absolute Gasteiger partial charge is 0.367 e. The van der Waals surface area contributed by atoms with Crippen molar-refractivity contribution < 1.29 is 4.79 Å². The van der Waals surface area contributed by atoms with E-state index in [0.29, 0.717) is 31.0 Å². The molecule has 23 heavy (non-hydrogen) atoms. The monoisotopic (exact) mass is 332 g/mol. The Labute approximate surface area is 141 Å². The molecule has 1 aliphatic heterocycles. The number of halogens is 1. The molecule has 1 aromatic rings. The van der Waals surface area contributed by atoms with Crippen molar-refractivity contribution in [2.45, 2.75) is 32.1 Å². The highest BCUT2D eigenvalue weighted by atomic mass is 35.5. The molecule has 3 rings (SSSR count). The fourth-order valence-corrected chi connectivity index (χ4v) is 3.85. The van der Waals surface area contributed by atoms with Gasteiger partial charge in [-0.05, 0) is 18.9 Å². The molecule has 122 valence electrons. The SMILES string of the molecule is N#CC1(C(=O)N2CCN(c3ccncc3Cl)CC2)CCCCC1. The van der Waals surface area contributed by atoms with Gasteiger partial charge in [-0.15, -0.1) is 0 Å². The molecule has 1 aliphatic carbocycles. The van der Waals surface area contributed by atoms with Gasteiger partial charge in [0.2, 0.25) is 5.91 Å². The lowest BCUT2D eigenvalue weighted by Crippen LogP contribution is -2.53. The maximum absolute atomic E-state index is 12.9. The molecule has 0 bridgehead atoms. The van der Waals surface area contributed by atoms with E-state index in [-0.39, 0.29) is 5.91 Å². The van der Waals surface area contributed by atoms with E-state index in [4.69, 9.17) is 11.6 Å². The number of carbonyl (C=O) groups excluding carboxylic acids is 1. The van der Waals surface area contributed by atoms with Gasteiger partial charge in [-0.1, -0.05) is 30.9 Å². The number of piperazine rings is 1. The van der Waals surface area contributed by atoms with Crippen LogP contribution >= 0.6 is 11.6 Å². The van der Waals surface area contributed by atoms with E-state index in [0.717, 1.165) is 38.0 Å². The quantitative estimate of drug-likeness (QED) is 0.835. The van der Waals surface area contributed by atoms with Crippen LogP contribution in [0.1, 0.15) is 32.1 Å². The van der Waals surface area contributed by atoms with Gasteiger partial charge >= 0.3 is 0 Å². The van der Waals surface area contributed by atoms with Crippen LogP contribution in [0.3, 0.4) is 0 Å². The molecule has 0 aromatic carbocycles. The highest BCUT2D eigenvalue weighted by Gasteiger charge is 2.43. The van der Waals surface area contributed by atoms with Gasteiger partial charge in [0.25, 0.3) is 0 Å². The summed E-state index contributed by atoms with van der Waals surface area (Å²) in [4.78, 5) is 20.9. The van der Waals surface area contributed by atoms with Crippen LogP contribution in [0.25, 0.3) is 0 Å². The van der Waals surface area contributed by atoms with Crippen LogP contribution in [-0.4, -0.2) is 42.0 Å². The van der Waals surface area contributed by atoms with Crippen molar-refractivity contribution >= 4 is 23.2 Å². The van der Waals surface area contributed by atoms with Crippen LogP contribution < -0.4 is 4.90 Å². The Kier molecular flexibility index (Phi) is 4.72. The first-order chi connectivity index (χ1) is 11.2. The van der Waals surface area contributed by atoms with Crippen LogP contribution in [0.15, 0.2) is 18.5 Å². The average Bonchev–Trinajstić information content (AvgIpc) is 2.62. The number of anilines is 1. The van der Waals surface area contributed by atoms with E-state index in [2.05, 4.69) is 16.0 Å². The average molecular weight is 333 g/mol. The van der Waals surface area contributed by atoms with Crippen LogP contribution in [0, 0.1) is 16.7 Å². The van der Waals surface area contributed by atoms with Gasteiger partial charge < -0.3 is 9.80 Å². The highest BCUT2D eigenvalue weighted by molar-refractivity contribution is 6.33. The predicted octanol–water partition coefficient (Wildman–Crippen LogP) is 2.86. The Bertz CT molecular complexity index is 613. The molecule has 1 saturated heterocycles. The lowest BCUT2D eigenvalue weighted by atomic mass is 9.74. The van der Waals surface area contributed by atoms with Crippen LogP contribution in [0.4, 0.5) is 5.69 Å². The van der Waals surface area contributed by atoms with E-state index >= 15 is 0 Å². The second-order valence-electron chi connectivity index (χ2n) is 6.36. The molecule has 0 N–H and O–H groups in total. The number of hydrogen-bond acceptors (Lipinski definition) is 4. The van der Waals surface area contributed by atoms with Crippen molar-refractivity contribution in [3.63, 3.8) is 0 Å². The number of nitriles is 1. The third kappa shape index (κ3) is 3.13. The summed E-state index contributed by atoms with van der Waals surface area (Å²) in [5, 5.41) is 10.2. The number of rotatable bonds is 2. The lowest BCUT2D eigenvalue weighted by Gasteiger charge is -2.40. The van der Waals surface area contributed by atoms with E-state index in [1.54, 1.807) is 12.4 Å². The Hall–Kier alpha value is -1.80. The highest BCUT2D eigenvalue weighted by Crippen LogP contribution is 2.38. The summed E-state index contributed by atoms with van der Waals surface area (Å²) in [6.45, 7) is 2.75. The molecule has 1 aromatic heterocycles. The molecule has 2 heterocycles. The van der Waals surface area contributed by atoms with E-state index in [1.165, 1.54) is 0 Å². The lowest BCUT2D eigenvalue weighted by molar-refractivity contribution is -0.140. The Morgan fingerprint density at radius 3 is 2.52 bits per heavy atom. The summed E-state index contributed by atoms with van der Waals surface area (Å²) < 4.78 is 0. The molecular weight excluding hydrogens is 312 g/mol. The zero-order valence-electron chi connectivity index (χ0n) is 13.2. The van der Waals surface area contributed by atoms with Gasteiger partial charge in [-0.2, -0.15) is 5.26 Å². The number of pyridine rings is 1. The number of nitrogens with zero attached hydrogens (tertiary/aromatic N) is 4. The molecule has 2 aliphatic rings. The van der Waals surface area contributed by atoms with Gasteiger partial charge in [0.15, 0.2) is 0 Å². The van der Waals surface area contributed by atoms with E-state index < -0.39 is 5.41 Å². The second-order valence-corrected chi connectivity index (χ2v) is 6.77. The van der Waals surface area contributed by atoms with Crippen LogP contribution in [0.5, 0.6) is 0 Å². The molecule has 1 saturated carbocycles. The number of amides is 1. The molecule has 2 fully saturated rings. The minimum absolute atomic E-state index is 0.0279. The maximum atomic E-state index is 12.9. The Balaban J connectivity index is 1.66. The van der Waals surface area contributed by atoms with Crippen molar-refractivity contribution in [1.82, 2.24) is 9.88 Å². The second kappa shape index (κ2) is 6.76. The minimum Gasteiger partial charge on any atom is -0.367 e. The van der Waals surface area contributed by atoms with Crippen molar-refractivity contribution in [1.29, 1.82) is 5.26 Å². The third-order valence-electron chi connectivity index (χ3n) is 4.99.